The monoisotopic (exact) mass is 439 g/mol. The molecular formula is C12H14BrN3O4S3. The van der Waals surface area contributed by atoms with Crippen molar-refractivity contribution in [3.8, 4) is 10.4 Å². The van der Waals surface area contributed by atoms with Gasteiger partial charge in [0.05, 0.1) is 21.0 Å². The molecule has 0 fully saturated rings. The summed E-state index contributed by atoms with van der Waals surface area (Å²) in [5.41, 5.74) is 1.40. The Bertz CT molecular complexity index is 829. The number of hydrogen-bond donors (Lipinski definition) is 3. The summed E-state index contributed by atoms with van der Waals surface area (Å²) in [6.07, 6.45) is 0. The molecule has 11 heteroatoms. The third-order valence-electron chi connectivity index (χ3n) is 2.66. The molecule has 0 bridgehead atoms. The first-order valence-corrected chi connectivity index (χ1v) is 10.3. The molecular weight excluding hydrogens is 426 g/mol. The Morgan fingerprint density at radius 1 is 1.43 bits per heavy atom. The van der Waals surface area contributed by atoms with Crippen LogP contribution in [0.2, 0.25) is 0 Å². The van der Waals surface area contributed by atoms with Gasteiger partial charge in [0.15, 0.2) is 5.13 Å². The number of aromatic nitrogens is 1. The summed E-state index contributed by atoms with van der Waals surface area (Å²) < 4.78 is 27.3. The van der Waals surface area contributed by atoms with Crippen LogP contribution in [0.3, 0.4) is 0 Å². The highest BCUT2D eigenvalue weighted by atomic mass is 79.9. The maximum Gasteiger partial charge on any atom is 0.250 e. The van der Waals surface area contributed by atoms with Crippen LogP contribution in [0.15, 0.2) is 14.1 Å². The van der Waals surface area contributed by atoms with E-state index in [-0.39, 0.29) is 23.3 Å². The fourth-order valence-electron chi connectivity index (χ4n) is 1.74. The van der Waals surface area contributed by atoms with Gasteiger partial charge in [-0.1, -0.05) is 11.3 Å². The highest BCUT2D eigenvalue weighted by Gasteiger charge is 2.22. The lowest BCUT2D eigenvalue weighted by atomic mass is 10.2. The third-order valence-corrected chi connectivity index (χ3v) is 7.53. The van der Waals surface area contributed by atoms with Crippen LogP contribution < -0.4 is 10.0 Å². The van der Waals surface area contributed by atoms with Crippen LogP contribution in [-0.4, -0.2) is 37.6 Å². The summed E-state index contributed by atoms with van der Waals surface area (Å²) in [4.78, 5) is 16.2. The minimum atomic E-state index is -3.66. The number of rotatable bonds is 6. The number of thiazole rings is 1. The van der Waals surface area contributed by atoms with Crippen LogP contribution in [0, 0.1) is 6.92 Å². The quantitative estimate of drug-likeness (QED) is 0.638. The maximum absolute atomic E-state index is 12.1. The zero-order valence-electron chi connectivity index (χ0n) is 12.2. The molecule has 2 heterocycles. The highest BCUT2D eigenvalue weighted by Crippen LogP contribution is 2.42. The van der Waals surface area contributed by atoms with Gasteiger partial charge in [-0.15, -0.1) is 11.3 Å². The van der Waals surface area contributed by atoms with Crippen LogP contribution in [0.1, 0.15) is 12.6 Å². The van der Waals surface area contributed by atoms with Crippen molar-refractivity contribution in [1.29, 1.82) is 0 Å². The molecule has 0 radical (unpaired) electrons. The minimum Gasteiger partial charge on any atom is -0.395 e. The number of hydrogen-bond acceptors (Lipinski definition) is 7. The summed E-state index contributed by atoms with van der Waals surface area (Å²) in [6.45, 7) is 2.87. The Hall–Kier alpha value is -0.850. The molecule has 3 N–H and O–H groups in total. The topological polar surface area (TPSA) is 108 Å². The van der Waals surface area contributed by atoms with E-state index in [0.29, 0.717) is 20.2 Å². The largest absolute Gasteiger partial charge is 0.395 e. The number of carbonyl (C=O) groups excluding carboxylic acids is 1. The van der Waals surface area contributed by atoms with Crippen molar-refractivity contribution in [2.45, 2.75) is 18.1 Å². The van der Waals surface area contributed by atoms with Crippen molar-refractivity contribution in [1.82, 2.24) is 9.71 Å². The van der Waals surface area contributed by atoms with Gasteiger partial charge in [0, 0.05) is 19.0 Å². The van der Waals surface area contributed by atoms with Gasteiger partial charge in [0.1, 0.15) is 4.21 Å². The molecule has 0 aliphatic heterocycles. The van der Waals surface area contributed by atoms with Gasteiger partial charge in [-0.3, -0.25) is 4.79 Å². The fraction of sp³-hybridized carbons (Fsp3) is 0.333. The number of anilines is 1. The molecule has 0 unspecified atom stereocenters. The zero-order valence-corrected chi connectivity index (χ0v) is 16.2. The average molecular weight is 440 g/mol. The van der Waals surface area contributed by atoms with E-state index in [1.807, 2.05) is 0 Å². The minimum absolute atomic E-state index is 0.0422. The molecule has 23 heavy (non-hydrogen) atoms. The van der Waals surface area contributed by atoms with Crippen LogP contribution in [0.4, 0.5) is 5.13 Å². The van der Waals surface area contributed by atoms with Crippen LogP contribution in [-0.2, 0) is 14.8 Å². The van der Waals surface area contributed by atoms with Gasteiger partial charge in [-0.05, 0) is 28.9 Å². The van der Waals surface area contributed by atoms with Gasteiger partial charge in [-0.2, -0.15) is 0 Å². The van der Waals surface area contributed by atoms with E-state index in [1.54, 1.807) is 13.0 Å². The molecule has 126 valence electrons. The van der Waals surface area contributed by atoms with Crippen LogP contribution >= 0.6 is 38.6 Å². The molecule has 0 spiro atoms. The first-order valence-electron chi connectivity index (χ1n) is 6.40. The molecule has 2 aromatic heterocycles. The Labute approximate surface area is 149 Å². The van der Waals surface area contributed by atoms with E-state index in [2.05, 4.69) is 31.0 Å². The molecule has 7 nitrogen and oxygen atoms in total. The Balaban J connectivity index is 2.39. The first-order chi connectivity index (χ1) is 10.7. The molecule has 2 aromatic rings. The predicted octanol–water partition coefficient (Wildman–Crippen LogP) is 2.17. The lowest BCUT2D eigenvalue weighted by molar-refractivity contribution is -0.114. The van der Waals surface area contributed by atoms with Crippen LogP contribution in [0.25, 0.3) is 10.4 Å². The molecule has 0 aromatic carbocycles. The molecule has 0 aliphatic rings. The smallest absolute Gasteiger partial charge is 0.250 e. The lowest BCUT2D eigenvalue weighted by Gasteiger charge is -2.01. The SMILES string of the molecule is CC(=O)Nc1nc(C)c(-c2cc(S(=O)(=O)NCCO)sc2Br)s1. The number of nitrogens with one attached hydrogen (secondary N) is 2. The number of sulfonamides is 1. The zero-order chi connectivity index (χ0) is 17.2. The fourth-order valence-corrected chi connectivity index (χ4v) is 6.39. The Kier molecular flexibility index (Phi) is 5.92. The highest BCUT2D eigenvalue weighted by molar-refractivity contribution is 9.11. The van der Waals surface area contributed by atoms with Gasteiger partial charge < -0.3 is 10.4 Å². The molecule has 1 amide bonds. The number of aliphatic hydroxyl groups is 1. The van der Waals surface area contributed by atoms with Gasteiger partial charge in [0.2, 0.25) is 15.9 Å². The third kappa shape index (κ3) is 4.37. The molecule has 0 atom stereocenters. The normalized spacial score (nSPS) is 11.7. The summed E-state index contributed by atoms with van der Waals surface area (Å²) in [5.74, 6) is -0.217. The number of nitrogens with zero attached hydrogens (tertiary/aromatic N) is 1. The second kappa shape index (κ2) is 7.36. The van der Waals surface area contributed by atoms with Crippen molar-refractivity contribution < 1.29 is 18.3 Å². The van der Waals surface area contributed by atoms with E-state index in [1.165, 1.54) is 18.3 Å². The number of amides is 1. The van der Waals surface area contributed by atoms with Crippen molar-refractivity contribution in [3.05, 3.63) is 15.5 Å². The first kappa shape index (κ1) is 18.5. The number of carbonyl (C=O) groups is 1. The van der Waals surface area contributed by atoms with E-state index < -0.39 is 10.0 Å². The van der Waals surface area contributed by atoms with Crippen molar-refractivity contribution >= 4 is 59.7 Å². The van der Waals surface area contributed by atoms with E-state index in [9.17, 15) is 13.2 Å². The number of aryl methyl sites for hydroxylation is 1. The summed E-state index contributed by atoms with van der Waals surface area (Å²) in [7, 11) is -3.66. The second-order valence-electron chi connectivity index (χ2n) is 4.49. The number of aliphatic hydroxyl groups excluding tert-OH is 1. The van der Waals surface area contributed by atoms with Gasteiger partial charge in [-0.25, -0.2) is 18.1 Å². The average Bonchev–Trinajstić information content (AvgIpc) is 2.99. The Morgan fingerprint density at radius 2 is 2.13 bits per heavy atom. The van der Waals surface area contributed by atoms with Gasteiger partial charge >= 0.3 is 0 Å². The number of halogens is 1. The van der Waals surface area contributed by atoms with E-state index in [0.717, 1.165) is 16.2 Å². The predicted molar refractivity (Wildman–Crippen MR) is 94.4 cm³/mol. The second-order valence-corrected chi connectivity index (χ2v) is 9.85. The summed E-state index contributed by atoms with van der Waals surface area (Å²) in [5, 5.41) is 11.8. The molecule has 0 saturated heterocycles. The van der Waals surface area contributed by atoms with E-state index in [4.69, 9.17) is 5.11 Å². The van der Waals surface area contributed by atoms with E-state index >= 15 is 0 Å². The summed E-state index contributed by atoms with van der Waals surface area (Å²) in [6, 6.07) is 1.55. The molecule has 0 saturated carbocycles. The lowest BCUT2D eigenvalue weighted by Crippen LogP contribution is -2.25. The number of thiophene rings is 1. The molecule has 2 rings (SSSR count). The maximum atomic E-state index is 12.1. The van der Waals surface area contributed by atoms with Crippen molar-refractivity contribution in [3.63, 3.8) is 0 Å². The summed E-state index contributed by atoms with van der Waals surface area (Å²) >= 11 is 5.73. The van der Waals surface area contributed by atoms with Gasteiger partial charge in [0.25, 0.3) is 0 Å². The van der Waals surface area contributed by atoms with Crippen molar-refractivity contribution in [2.75, 3.05) is 18.5 Å². The van der Waals surface area contributed by atoms with Crippen molar-refractivity contribution in [2.24, 2.45) is 0 Å². The van der Waals surface area contributed by atoms with Crippen LogP contribution in [0.5, 0.6) is 0 Å². The Morgan fingerprint density at radius 3 is 2.74 bits per heavy atom. The molecule has 0 aliphatic carbocycles. The standard InChI is InChI=1S/C12H14BrN3O4S3/c1-6-10(22-12(15-6)16-7(2)18)8-5-9(21-11(8)13)23(19,20)14-3-4-17/h5,14,17H,3-4H2,1-2H3,(H,15,16,18).